The van der Waals surface area contributed by atoms with Crippen LogP contribution in [0.1, 0.15) is 56.8 Å². The Bertz CT molecular complexity index is 655. The van der Waals surface area contributed by atoms with E-state index in [1.54, 1.807) is 7.11 Å². The lowest BCUT2D eigenvalue weighted by molar-refractivity contribution is -0.0714. The molecule has 3 rings (SSSR count). The molecule has 2 fully saturated rings. The molecule has 136 valence electrons. The summed E-state index contributed by atoms with van der Waals surface area (Å²) < 4.78 is 10.5. The quantitative estimate of drug-likeness (QED) is 0.839. The van der Waals surface area contributed by atoms with E-state index in [0.29, 0.717) is 12.0 Å². The first-order valence-corrected chi connectivity index (χ1v) is 8.93. The Morgan fingerprint density at radius 1 is 1.16 bits per heavy atom. The van der Waals surface area contributed by atoms with Crippen molar-refractivity contribution >= 4 is 11.9 Å². The number of ketones is 1. The van der Waals surface area contributed by atoms with Gasteiger partial charge in [0.15, 0.2) is 5.78 Å². The van der Waals surface area contributed by atoms with Crippen LogP contribution in [0.25, 0.3) is 0 Å². The molecule has 2 atom stereocenters. The molecule has 5 nitrogen and oxygen atoms in total. The van der Waals surface area contributed by atoms with Gasteiger partial charge in [-0.2, -0.15) is 0 Å². The fourth-order valence-electron chi connectivity index (χ4n) is 4.05. The summed E-state index contributed by atoms with van der Waals surface area (Å²) in [7, 11) is 1.61. The molecule has 0 radical (unpaired) electrons. The van der Waals surface area contributed by atoms with E-state index in [-0.39, 0.29) is 29.3 Å². The Morgan fingerprint density at radius 2 is 1.80 bits per heavy atom. The van der Waals surface area contributed by atoms with E-state index < -0.39 is 5.60 Å². The van der Waals surface area contributed by atoms with E-state index in [4.69, 9.17) is 9.47 Å². The van der Waals surface area contributed by atoms with Crippen molar-refractivity contribution in [2.45, 2.75) is 58.1 Å². The van der Waals surface area contributed by atoms with Gasteiger partial charge in [-0.15, -0.1) is 0 Å². The van der Waals surface area contributed by atoms with Gasteiger partial charge in [-0.25, -0.2) is 4.79 Å². The summed E-state index contributed by atoms with van der Waals surface area (Å²) in [4.78, 5) is 25.0. The summed E-state index contributed by atoms with van der Waals surface area (Å²) in [5, 5.41) is 2.99. The number of carbonyl (C=O) groups excluding carboxylic acids is 2. The molecule has 25 heavy (non-hydrogen) atoms. The van der Waals surface area contributed by atoms with Gasteiger partial charge in [-0.05, 0) is 64.3 Å². The Balaban J connectivity index is 1.66. The number of Topliss-reactive ketones (excluding diaryl/α,β-unsaturated/α-hetero) is 1. The number of carbonyl (C=O) groups is 2. The van der Waals surface area contributed by atoms with Crippen molar-refractivity contribution < 1.29 is 19.1 Å². The SMILES string of the molecule is COc1ccc(C(=O)C2CC(NC(=O)OC(C)(C)C)C23CCC3)cc1. The van der Waals surface area contributed by atoms with Gasteiger partial charge in [0.25, 0.3) is 0 Å². The average Bonchev–Trinajstić information content (AvgIpc) is 2.47. The molecule has 0 bridgehead atoms. The zero-order valence-electron chi connectivity index (χ0n) is 15.4. The first-order valence-electron chi connectivity index (χ1n) is 8.93. The van der Waals surface area contributed by atoms with Gasteiger partial charge in [-0.3, -0.25) is 4.79 Å². The largest absolute Gasteiger partial charge is 0.497 e. The van der Waals surface area contributed by atoms with E-state index >= 15 is 0 Å². The normalized spacial score (nSPS) is 24.0. The predicted octanol–water partition coefficient (Wildman–Crippen LogP) is 3.96. The molecule has 2 saturated carbocycles. The fraction of sp³-hybridized carbons (Fsp3) is 0.600. The highest BCUT2D eigenvalue weighted by atomic mass is 16.6. The molecule has 0 heterocycles. The smallest absolute Gasteiger partial charge is 0.407 e. The molecule has 0 aliphatic heterocycles. The molecule has 2 unspecified atom stereocenters. The molecule has 1 amide bonds. The number of nitrogens with one attached hydrogen (secondary N) is 1. The molecular weight excluding hydrogens is 318 g/mol. The molecule has 1 N–H and O–H groups in total. The van der Waals surface area contributed by atoms with Crippen molar-refractivity contribution in [2.75, 3.05) is 7.11 Å². The monoisotopic (exact) mass is 345 g/mol. The highest BCUT2D eigenvalue weighted by Gasteiger charge is 2.61. The van der Waals surface area contributed by atoms with Crippen molar-refractivity contribution in [2.24, 2.45) is 11.3 Å². The molecule has 5 heteroatoms. The number of alkyl carbamates (subject to hydrolysis) is 1. The molecular formula is C20H27NO4. The van der Waals surface area contributed by atoms with Crippen LogP contribution in [0.3, 0.4) is 0 Å². The number of benzene rings is 1. The topological polar surface area (TPSA) is 64.6 Å². The number of methoxy groups -OCH3 is 1. The highest BCUT2D eigenvalue weighted by molar-refractivity contribution is 5.99. The molecule has 2 aliphatic carbocycles. The fourth-order valence-corrected chi connectivity index (χ4v) is 4.05. The van der Waals surface area contributed by atoms with Crippen LogP contribution in [0.2, 0.25) is 0 Å². The second-order valence-electron chi connectivity index (χ2n) is 8.17. The second-order valence-corrected chi connectivity index (χ2v) is 8.17. The third kappa shape index (κ3) is 3.37. The van der Waals surface area contributed by atoms with Gasteiger partial charge in [0.1, 0.15) is 11.4 Å². The Hall–Kier alpha value is -2.04. The molecule has 1 aromatic carbocycles. The van der Waals surface area contributed by atoms with Gasteiger partial charge in [0, 0.05) is 22.9 Å². The van der Waals surface area contributed by atoms with Gasteiger partial charge in [-0.1, -0.05) is 6.42 Å². The first-order chi connectivity index (χ1) is 11.7. The van der Waals surface area contributed by atoms with Gasteiger partial charge in [0.2, 0.25) is 0 Å². The maximum atomic E-state index is 12.9. The third-order valence-electron chi connectivity index (χ3n) is 5.53. The van der Waals surface area contributed by atoms with E-state index in [0.717, 1.165) is 25.0 Å². The van der Waals surface area contributed by atoms with Crippen LogP contribution in [0, 0.1) is 11.3 Å². The number of hydrogen-bond donors (Lipinski definition) is 1. The van der Waals surface area contributed by atoms with Crippen LogP contribution in [-0.4, -0.2) is 30.6 Å². The molecule has 0 saturated heterocycles. The first kappa shape index (κ1) is 17.8. The lowest BCUT2D eigenvalue weighted by Gasteiger charge is -2.60. The second kappa shape index (κ2) is 6.36. The Labute approximate surface area is 149 Å². The van der Waals surface area contributed by atoms with Crippen LogP contribution in [0.15, 0.2) is 24.3 Å². The Morgan fingerprint density at radius 3 is 2.28 bits per heavy atom. The zero-order valence-corrected chi connectivity index (χ0v) is 15.4. The highest BCUT2D eigenvalue weighted by Crippen LogP contribution is 2.60. The van der Waals surface area contributed by atoms with E-state index in [1.165, 1.54) is 0 Å². The number of amides is 1. The van der Waals surface area contributed by atoms with Crippen molar-refractivity contribution in [1.82, 2.24) is 5.32 Å². The van der Waals surface area contributed by atoms with Gasteiger partial charge >= 0.3 is 6.09 Å². The average molecular weight is 345 g/mol. The van der Waals surface area contributed by atoms with E-state index in [1.807, 2.05) is 45.0 Å². The van der Waals surface area contributed by atoms with Gasteiger partial charge < -0.3 is 14.8 Å². The van der Waals surface area contributed by atoms with Crippen LogP contribution >= 0.6 is 0 Å². The maximum absolute atomic E-state index is 12.9. The summed E-state index contributed by atoms with van der Waals surface area (Å²) in [6.07, 6.45) is 3.38. The minimum atomic E-state index is -0.515. The summed E-state index contributed by atoms with van der Waals surface area (Å²) >= 11 is 0. The van der Waals surface area contributed by atoms with Crippen molar-refractivity contribution in [1.29, 1.82) is 0 Å². The lowest BCUT2D eigenvalue weighted by Crippen LogP contribution is -2.66. The standard InChI is InChI=1S/C20H27NO4/c1-19(2,3)25-18(23)21-16-12-15(20(16)10-5-11-20)17(22)13-6-8-14(24-4)9-7-13/h6-9,15-16H,5,10-12H2,1-4H3,(H,21,23). The summed E-state index contributed by atoms with van der Waals surface area (Å²) in [6, 6.07) is 7.30. The van der Waals surface area contributed by atoms with E-state index in [2.05, 4.69) is 5.32 Å². The van der Waals surface area contributed by atoms with Crippen molar-refractivity contribution in [3.8, 4) is 5.75 Å². The summed E-state index contributed by atoms with van der Waals surface area (Å²) in [6.45, 7) is 5.55. The summed E-state index contributed by atoms with van der Waals surface area (Å²) in [5.41, 5.74) is 0.111. The zero-order chi connectivity index (χ0) is 18.2. The number of rotatable bonds is 4. The van der Waals surface area contributed by atoms with E-state index in [9.17, 15) is 9.59 Å². The molecule has 1 aromatic rings. The number of hydrogen-bond acceptors (Lipinski definition) is 4. The van der Waals surface area contributed by atoms with Gasteiger partial charge in [0.05, 0.1) is 7.11 Å². The third-order valence-corrected chi connectivity index (χ3v) is 5.53. The minimum Gasteiger partial charge on any atom is -0.497 e. The predicted molar refractivity (Wildman–Crippen MR) is 94.9 cm³/mol. The van der Waals surface area contributed by atoms with Crippen LogP contribution in [0.4, 0.5) is 4.79 Å². The number of ether oxygens (including phenoxy) is 2. The van der Waals surface area contributed by atoms with Crippen molar-refractivity contribution in [3.05, 3.63) is 29.8 Å². The van der Waals surface area contributed by atoms with Crippen molar-refractivity contribution in [3.63, 3.8) is 0 Å². The molecule has 0 aromatic heterocycles. The van der Waals surface area contributed by atoms with Crippen LogP contribution < -0.4 is 10.1 Å². The van der Waals surface area contributed by atoms with Crippen LogP contribution in [-0.2, 0) is 4.74 Å². The van der Waals surface area contributed by atoms with Crippen LogP contribution in [0.5, 0.6) is 5.75 Å². The summed E-state index contributed by atoms with van der Waals surface area (Å²) in [5.74, 6) is 0.896. The molecule has 2 aliphatic rings. The minimum absolute atomic E-state index is 0.0189. The lowest BCUT2D eigenvalue weighted by atomic mass is 9.45. The maximum Gasteiger partial charge on any atom is 0.407 e. The Kier molecular flexibility index (Phi) is 4.52. The molecule has 1 spiro atoms.